The molecule has 2 rings (SSSR count). The highest BCUT2D eigenvalue weighted by molar-refractivity contribution is 5.94. The van der Waals surface area contributed by atoms with Crippen molar-refractivity contribution in [2.24, 2.45) is 0 Å². The summed E-state index contributed by atoms with van der Waals surface area (Å²) in [7, 11) is 3.44. The number of methoxy groups -OCH3 is 1. The van der Waals surface area contributed by atoms with E-state index in [0.29, 0.717) is 12.1 Å². The molecule has 1 amide bonds. The van der Waals surface area contributed by atoms with Gasteiger partial charge < -0.3 is 9.64 Å². The molecular weight excluding hydrogens is 250 g/mol. The van der Waals surface area contributed by atoms with Crippen LogP contribution in [-0.2, 0) is 6.54 Å². The third-order valence-electron chi connectivity index (χ3n) is 3.21. The molecule has 0 heterocycles. The van der Waals surface area contributed by atoms with Gasteiger partial charge in [-0.25, -0.2) is 0 Å². The van der Waals surface area contributed by atoms with Gasteiger partial charge in [0.2, 0.25) is 0 Å². The average molecular weight is 269 g/mol. The number of ether oxygens (including phenoxy) is 1. The number of hydrogen-bond donors (Lipinski definition) is 0. The number of aryl methyl sites for hydroxylation is 1. The number of para-hydroxylation sites is 1. The minimum absolute atomic E-state index is 0.0135. The normalized spacial score (nSPS) is 10.2. The third kappa shape index (κ3) is 3.18. The van der Waals surface area contributed by atoms with Gasteiger partial charge in [-0.3, -0.25) is 4.79 Å². The molecule has 0 aliphatic heterocycles. The van der Waals surface area contributed by atoms with Crippen LogP contribution in [0, 0.1) is 6.92 Å². The summed E-state index contributed by atoms with van der Waals surface area (Å²) in [4.78, 5) is 14.1. The lowest BCUT2D eigenvalue weighted by molar-refractivity contribution is 0.0784. The van der Waals surface area contributed by atoms with Crippen molar-refractivity contribution in [1.82, 2.24) is 4.90 Å². The molecule has 0 radical (unpaired) electrons. The molecule has 0 saturated heterocycles. The Morgan fingerprint density at radius 1 is 1.15 bits per heavy atom. The van der Waals surface area contributed by atoms with Crippen molar-refractivity contribution in [3.05, 3.63) is 65.2 Å². The van der Waals surface area contributed by atoms with Crippen molar-refractivity contribution in [3.63, 3.8) is 0 Å². The fourth-order valence-electron chi connectivity index (χ4n) is 2.16. The summed E-state index contributed by atoms with van der Waals surface area (Å²) in [5.41, 5.74) is 2.79. The first-order chi connectivity index (χ1) is 9.61. The molecule has 0 fully saturated rings. The van der Waals surface area contributed by atoms with Crippen LogP contribution >= 0.6 is 0 Å². The van der Waals surface area contributed by atoms with Gasteiger partial charge >= 0.3 is 0 Å². The summed E-state index contributed by atoms with van der Waals surface area (Å²) in [5.74, 6) is 0.816. The first-order valence-corrected chi connectivity index (χ1v) is 6.56. The number of benzene rings is 2. The van der Waals surface area contributed by atoms with Crippen LogP contribution in [0.3, 0.4) is 0 Å². The van der Waals surface area contributed by atoms with Gasteiger partial charge in [0.05, 0.1) is 7.11 Å². The molecule has 2 aromatic carbocycles. The molecule has 3 heteroatoms. The lowest BCUT2D eigenvalue weighted by atomic mass is 10.1. The van der Waals surface area contributed by atoms with E-state index in [-0.39, 0.29) is 5.91 Å². The lowest BCUT2D eigenvalue weighted by Crippen LogP contribution is -2.26. The van der Waals surface area contributed by atoms with Crippen LogP contribution in [0.5, 0.6) is 5.75 Å². The molecule has 20 heavy (non-hydrogen) atoms. The molecule has 104 valence electrons. The second-order valence-electron chi connectivity index (χ2n) is 4.84. The summed E-state index contributed by atoms with van der Waals surface area (Å²) < 4.78 is 5.31. The van der Waals surface area contributed by atoms with Gasteiger partial charge in [-0.1, -0.05) is 35.9 Å². The van der Waals surface area contributed by atoms with Crippen molar-refractivity contribution < 1.29 is 9.53 Å². The Balaban J connectivity index is 2.15. The number of carbonyl (C=O) groups excluding carboxylic acids is 1. The van der Waals surface area contributed by atoms with Gasteiger partial charge in [0.25, 0.3) is 5.91 Å². The van der Waals surface area contributed by atoms with Gasteiger partial charge in [0.1, 0.15) is 5.75 Å². The van der Waals surface area contributed by atoms with Crippen molar-refractivity contribution in [1.29, 1.82) is 0 Å². The summed E-state index contributed by atoms with van der Waals surface area (Å²) in [6, 6.07) is 15.4. The van der Waals surface area contributed by atoms with E-state index in [1.165, 1.54) is 0 Å². The van der Waals surface area contributed by atoms with Crippen LogP contribution in [0.15, 0.2) is 48.5 Å². The van der Waals surface area contributed by atoms with E-state index in [1.54, 1.807) is 19.1 Å². The van der Waals surface area contributed by atoms with Gasteiger partial charge in [-0.15, -0.1) is 0 Å². The number of amides is 1. The summed E-state index contributed by atoms with van der Waals surface area (Å²) in [5, 5.41) is 0. The Morgan fingerprint density at radius 2 is 1.90 bits per heavy atom. The van der Waals surface area contributed by atoms with Crippen molar-refractivity contribution in [2.45, 2.75) is 13.5 Å². The van der Waals surface area contributed by atoms with E-state index in [9.17, 15) is 4.79 Å². The van der Waals surface area contributed by atoms with Crippen LogP contribution in [0.2, 0.25) is 0 Å². The van der Waals surface area contributed by atoms with Gasteiger partial charge in [0.15, 0.2) is 0 Å². The highest BCUT2D eigenvalue weighted by Crippen LogP contribution is 2.19. The summed E-state index contributed by atoms with van der Waals surface area (Å²) >= 11 is 0. The van der Waals surface area contributed by atoms with Crippen LogP contribution in [0.25, 0.3) is 0 Å². The maximum atomic E-state index is 12.4. The zero-order valence-electron chi connectivity index (χ0n) is 12.1. The molecular formula is C17H19NO2. The monoisotopic (exact) mass is 269 g/mol. The predicted molar refractivity (Wildman–Crippen MR) is 80.0 cm³/mol. The molecule has 0 saturated carbocycles. The Hall–Kier alpha value is -2.29. The van der Waals surface area contributed by atoms with E-state index < -0.39 is 0 Å². The fourth-order valence-corrected chi connectivity index (χ4v) is 2.16. The fraction of sp³-hybridized carbons (Fsp3) is 0.235. The highest BCUT2D eigenvalue weighted by atomic mass is 16.5. The largest absolute Gasteiger partial charge is 0.496 e. The quantitative estimate of drug-likeness (QED) is 0.852. The number of carbonyl (C=O) groups is 1. The first kappa shape index (κ1) is 14.1. The molecule has 0 spiro atoms. The Bertz CT molecular complexity index is 607. The Labute approximate surface area is 119 Å². The minimum atomic E-state index is 0.0135. The summed E-state index contributed by atoms with van der Waals surface area (Å²) in [6.07, 6.45) is 0. The van der Waals surface area contributed by atoms with Crippen molar-refractivity contribution >= 4 is 5.91 Å². The molecule has 0 aliphatic carbocycles. The minimum Gasteiger partial charge on any atom is -0.496 e. The topological polar surface area (TPSA) is 29.5 Å². The molecule has 0 N–H and O–H groups in total. The van der Waals surface area contributed by atoms with Gasteiger partial charge in [-0.05, 0) is 25.1 Å². The molecule has 0 aliphatic rings. The lowest BCUT2D eigenvalue weighted by Gasteiger charge is -2.19. The molecule has 0 atom stereocenters. The van der Waals surface area contributed by atoms with Crippen molar-refractivity contribution in [3.8, 4) is 5.75 Å². The number of rotatable bonds is 4. The van der Waals surface area contributed by atoms with Crippen LogP contribution < -0.4 is 4.74 Å². The molecule has 0 unspecified atom stereocenters. The first-order valence-electron chi connectivity index (χ1n) is 6.56. The average Bonchev–Trinajstić information content (AvgIpc) is 2.47. The summed E-state index contributed by atoms with van der Waals surface area (Å²) in [6.45, 7) is 2.51. The highest BCUT2D eigenvalue weighted by Gasteiger charge is 2.13. The smallest absolute Gasteiger partial charge is 0.253 e. The Morgan fingerprint density at radius 3 is 2.60 bits per heavy atom. The second-order valence-corrected chi connectivity index (χ2v) is 4.84. The third-order valence-corrected chi connectivity index (χ3v) is 3.21. The van der Waals surface area contributed by atoms with Gasteiger partial charge in [0, 0.05) is 24.7 Å². The SMILES string of the molecule is COc1ccccc1CN(C)C(=O)c1cccc(C)c1. The van der Waals surface area contributed by atoms with Crippen molar-refractivity contribution in [2.75, 3.05) is 14.2 Å². The molecule has 0 aromatic heterocycles. The maximum Gasteiger partial charge on any atom is 0.253 e. The van der Waals surface area contributed by atoms with E-state index in [0.717, 1.165) is 16.9 Å². The standard InChI is InChI=1S/C17H19NO2/c1-13-7-6-9-14(11-13)17(19)18(2)12-15-8-4-5-10-16(15)20-3/h4-11H,12H2,1-3H3. The Kier molecular flexibility index (Phi) is 4.41. The van der Waals surface area contributed by atoms with Crippen LogP contribution in [-0.4, -0.2) is 25.0 Å². The van der Waals surface area contributed by atoms with E-state index >= 15 is 0 Å². The zero-order chi connectivity index (χ0) is 14.5. The van der Waals surface area contributed by atoms with E-state index in [1.807, 2.05) is 55.5 Å². The van der Waals surface area contributed by atoms with Crippen LogP contribution in [0.4, 0.5) is 0 Å². The zero-order valence-corrected chi connectivity index (χ0v) is 12.1. The molecule has 2 aromatic rings. The predicted octanol–water partition coefficient (Wildman–Crippen LogP) is 3.28. The van der Waals surface area contributed by atoms with E-state index in [4.69, 9.17) is 4.74 Å². The van der Waals surface area contributed by atoms with Gasteiger partial charge in [-0.2, -0.15) is 0 Å². The molecule has 3 nitrogen and oxygen atoms in total. The van der Waals surface area contributed by atoms with E-state index in [2.05, 4.69) is 0 Å². The second kappa shape index (κ2) is 6.24. The van der Waals surface area contributed by atoms with Crippen LogP contribution in [0.1, 0.15) is 21.5 Å². The number of nitrogens with zero attached hydrogens (tertiary/aromatic N) is 1. The molecule has 0 bridgehead atoms. The number of hydrogen-bond acceptors (Lipinski definition) is 2. The maximum absolute atomic E-state index is 12.4.